The van der Waals surface area contributed by atoms with Crippen molar-refractivity contribution < 1.29 is 18.8 Å². The molecule has 0 spiro atoms. The van der Waals surface area contributed by atoms with E-state index in [4.69, 9.17) is 14.0 Å². The first kappa shape index (κ1) is 17.7. The van der Waals surface area contributed by atoms with Crippen LogP contribution >= 0.6 is 0 Å². The second-order valence-corrected chi connectivity index (χ2v) is 7.36. The van der Waals surface area contributed by atoms with Crippen LogP contribution in [0.3, 0.4) is 0 Å². The predicted molar refractivity (Wildman–Crippen MR) is 101 cm³/mol. The van der Waals surface area contributed by atoms with E-state index in [1.165, 1.54) is 0 Å². The van der Waals surface area contributed by atoms with Gasteiger partial charge < -0.3 is 24.2 Å². The van der Waals surface area contributed by atoms with E-state index in [9.17, 15) is 4.79 Å². The van der Waals surface area contributed by atoms with Crippen molar-refractivity contribution in [1.29, 1.82) is 0 Å². The SMILES string of the molecule is CC(C)c1cc(C(=O)N2CCC[C@@H](Nc3ccc4c(c3)OCCO4)C2)on1. The maximum absolute atomic E-state index is 12.8. The minimum Gasteiger partial charge on any atom is -0.486 e. The summed E-state index contributed by atoms with van der Waals surface area (Å²) in [5.41, 5.74) is 1.78. The van der Waals surface area contributed by atoms with Crippen LogP contribution in [0.25, 0.3) is 0 Å². The first-order valence-corrected chi connectivity index (χ1v) is 9.52. The standard InChI is InChI=1S/C20H25N3O4/c1-13(2)16-11-19(27-22-16)20(24)23-7-3-4-15(12-23)21-14-5-6-17-18(10-14)26-9-8-25-17/h5-6,10-11,13,15,21H,3-4,7-9,12H2,1-2H3/t15-/m1/s1. The van der Waals surface area contributed by atoms with Crippen molar-refractivity contribution in [1.82, 2.24) is 10.1 Å². The molecule has 3 heterocycles. The average molecular weight is 371 g/mol. The molecule has 0 aliphatic carbocycles. The molecule has 1 atom stereocenters. The molecule has 144 valence electrons. The number of amides is 1. The maximum atomic E-state index is 12.8. The first-order chi connectivity index (χ1) is 13.1. The van der Waals surface area contributed by atoms with E-state index in [2.05, 4.69) is 10.5 Å². The van der Waals surface area contributed by atoms with Gasteiger partial charge in [0, 0.05) is 37.0 Å². The fourth-order valence-electron chi connectivity index (χ4n) is 3.47. The van der Waals surface area contributed by atoms with E-state index in [0.717, 1.165) is 42.3 Å². The number of anilines is 1. The quantitative estimate of drug-likeness (QED) is 0.889. The average Bonchev–Trinajstić information content (AvgIpc) is 3.18. The lowest BCUT2D eigenvalue weighted by molar-refractivity contribution is 0.0672. The van der Waals surface area contributed by atoms with Crippen LogP contribution in [-0.4, -0.2) is 48.3 Å². The number of nitrogens with zero attached hydrogens (tertiary/aromatic N) is 2. The molecule has 0 unspecified atom stereocenters. The van der Waals surface area contributed by atoms with Crippen LogP contribution in [-0.2, 0) is 0 Å². The second-order valence-electron chi connectivity index (χ2n) is 7.36. The Morgan fingerprint density at radius 2 is 2.04 bits per heavy atom. The molecule has 4 rings (SSSR count). The summed E-state index contributed by atoms with van der Waals surface area (Å²) in [5.74, 6) is 2.00. The number of carbonyl (C=O) groups excluding carboxylic acids is 1. The first-order valence-electron chi connectivity index (χ1n) is 9.52. The summed E-state index contributed by atoms with van der Waals surface area (Å²) in [6, 6.07) is 7.80. The van der Waals surface area contributed by atoms with Crippen LogP contribution < -0.4 is 14.8 Å². The Balaban J connectivity index is 1.41. The van der Waals surface area contributed by atoms with Crippen molar-refractivity contribution in [3.05, 3.63) is 35.7 Å². The van der Waals surface area contributed by atoms with E-state index >= 15 is 0 Å². The molecule has 1 amide bonds. The van der Waals surface area contributed by atoms with Crippen molar-refractivity contribution in [3.8, 4) is 11.5 Å². The van der Waals surface area contributed by atoms with Gasteiger partial charge in [-0.05, 0) is 30.9 Å². The molecule has 0 radical (unpaired) electrons. The largest absolute Gasteiger partial charge is 0.486 e. The monoisotopic (exact) mass is 371 g/mol. The Bertz CT molecular complexity index is 817. The van der Waals surface area contributed by atoms with Gasteiger partial charge in [-0.15, -0.1) is 0 Å². The summed E-state index contributed by atoms with van der Waals surface area (Å²) in [5, 5.41) is 7.51. The lowest BCUT2D eigenvalue weighted by Gasteiger charge is -2.33. The summed E-state index contributed by atoms with van der Waals surface area (Å²) < 4.78 is 16.5. The molecular formula is C20H25N3O4. The Kier molecular flexibility index (Phi) is 4.92. The Hall–Kier alpha value is -2.70. The zero-order chi connectivity index (χ0) is 18.8. The highest BCUT2D eigenvalue weighted by molar-refractivity contribution is 5.91. The maximum Gasteiger partial charge on any atom is 0.292 e. The number of carbonyl (C=O) groups is 1. The van der Waals surface area contributed by atoms with Crippen LogP contribution in [0.15, 0.2) is 28.8 Å². The highest BCUT2D eigenvalue weighted by Gasteiger charge is 2.27. The number of likely N-dealkylation sites (tertiary alicyclic amines) is 1. The third-order valence-electron chi connectivity index (χ3n) is 4.95. The third-order valence-corrected chi connectivity index (χ3v) is 4.95. The second kappa shape index (κ2) is 7.50. The fourth-order valence-corrected chi connectivity index (χ4v) is 3.47. The fraction of sp³-hybridized carbons (Fsp3) is 0.500. The molecule has 1 fully saturated rings. The molecule has 1 aromatic carbocycles. The van der Waals surface area contributed by atoms with Gasteiger partial charge >= 0.3 is 0 Å². The van der Waals surface area contributed by atoms with Crippen molar-refractivity contribution in [3.63, 3.8) is 0 Å². The van der Waals surface area contributed by atoms with E-state index in [1.807, 2.05) is 36.9 Å². The summed E-state index contributed by atoms with van der Waals surface area (Å²) in [6.07, 6.45) is 1.95. The summed E-state index contributed by atoms with van der Waals surface area (Å²) >= 11 is 0. The molecule has 7 heteroatoms. The van der Waals surface area contributed by atoms with Crippen LogP contribution in [0.4, 0.5) is 5.69 Å². The summed E-state index contributed by atoms with van der Waals surface area (Å²) in [7, 11) is 0. The molecule has 27 heavy (non-hydrogen) atoms. The Morgan fingerprint density at radius 1 is 1.22 bits per heavy atom. The van der Waals surface area contributed by atoms with E-state index in [0.29, 0.717) is 25.5 Å². The number of fused-ring (bicyclic) bond motifs is 1. The van der Waals surface area contributed by atoms with Crippen LogP contribution in [0.2, 0.25) is 0 Å². The highest BCUT2D eigenvalue weighted by atomic mass is 16.6. The van der Waals surface area contributed by atoms with Crippen molar-refractivity contribution in [2.75, 3.05) is 31.6 Å². The topological polar surface area (TPSA) is 76.8 Å². The lowest BCUT2D eigenvalue weighted by Crippen LogP contribution is -2.45. The molecule has 2 aliphatic rings. The van der Waals surface area contributed by atoms with Gasteiger partial charge in [0.15, 0.2) is 11.5 Å². The summed E-state index contributed by atoms with van der Waals surface area (Å²) in [4.78, 5) is 14.6. The Morgan fingerprint density at radius 3 is 2.81 bits per heavy atom. The molecule has 2 aromatic rings. The van der Waals surface area contributed by atoms with Gasteiger partial charge in [-0.25, -0.2) is 0 Å². The molecular weight excluding hydrogens is 346 g/mol. The lowest BCUT2D eigenvalue weighted by atomic mass is 10.0. The van der Waals surface area contributed by atoms with E-state index < -0.39 is 0 Å². The normalized spacial score (nSPS) is 19.2. The van der Waals surface area contributed by atoms with Gasteiger partial charge in [0.05, 0.1) is 5.69 Å². The number of rotatable bonds is 4. The Labute approximate surface area is 158 Å². The van der Waals surface area contributed by atoms with Crippen LogP contribution in [0.5, 0.6) is 11.5 Å². The van der Waals surface area contributed by atoms with Crippen molar-refractivity contribution >= 4 is 11.6 Å². The number of ether oxygens (including phenoxy) is 2. The zero-order valence-corrected chi connectivity index (χ0v) is 15.7. The van der Waals surface area contributed by atoms with Gasteiger partial charge in [0.2, 0.25) is 5.76 Å². The number of piperidine rings is 1. The van der Waals surface area contributed by atoms with E-state index in [1.54, 1.807) is 6.07 Å². The minimum atomic E-state index is -0.0944. The molecule has 1 N–H and O–H groups in total. The van der Waals surface area contributed by atoms with Crippen LogP contribution in [0.1, 0.15) is 48.9 Å². The van der Waals surface area contributed by atoms with Gasteiger partial charge in [-0.2, -0.15) is 0 Å². The molecule has 0 bridgehead atoms. The number of aromatic nitrogens is 1. The minimum absolute atomic E-state index is 0.0944. The van der Waals surface area contributed by atoms with Gasteiger partial charge in [0.25, 0.3) is 5.91 Å². The molecule has 1 aromatic heterocycles. The van der Waals surface area contributed by atoms with Gasteiger partial charge in [-0.3, -0.25) is 4.79 Å². The predicted octanol–water partition coefficient (Wildman–Crippen LogP) is 3.29. The van der Waals surface area contributed by atoms with Crippen molar-refractivity contribution in [2.24, 2.45) is 0 Å². The molecule has 2 aliphatic heterocycles. The zero-order valence-electron chi connectivity index (χ0n) is 15.7. The molecule has 0 saturated carbocycles. The van der Waals surface area contributed by atoms with Crippen molar-refractivity contribution in [2.45, 2.75) is 38.6 Å². The highest BCUT2D eigenvalue weighted by Crippen LogP contribution is 2.33. The number of nitrogens with one attached hydrogen (secondary N) is 1. The smallest absolute Gasteiger partial charge is 0.292 e. The third kappa shape index (κ3) is 3.86. The molecule has 7 nitrogen and oxygen atoms in total. The molecule has 1 saturated heterocycles. The van der Waals surface area contributed by atoms with Gasteiger partial charge in [0.1, 0.15) is 13.2 Å². The van der Waals surface area contributed by atoms with Crippen LogP contribution in [0, 0.1) is 0 Å². The summed E-state index contributed by atoms with van der Waals surface area (Å²) in [6.45, 7) is 6.57. The number of benzene rings is 1. The number of hydrogen-bond acceptors (Lipinski definition) is 6. The van der Waals surface area contributed by atoms with Gasteiger partial charge in [-0.1, -0.05) is 19.0 Å². The van der Waals surface area contributed by atoms with E-state index in [-0.39, 0.29) is 17.9 Å². The number of hydrogen-bond donors (Lipinski definition) is 1.